The largest absolute Gasteiger partial charge is 0.244 e. The van der Waals surface area contributed by atoms with Gasteiger partial charge in [0.25, 0.3) is 0 Å². The van der Waals surface area contributed by atoms with Crippen molar-refractivity contribution in [2.45, 2.75) is 57.4 Å². The summed E-state index contributed by atoms with van der Waals surface area (Å²) in [6.45, 7) is 12.6. The number of sulfonamides is 1. The molecule has 1 aromatic carbocycles. The molecule has 1 unspecified atom stereocenters. The molecule has 1 aliphatic heterocycles. The van der Waals surface area contributed by atoms with Gasteiger partial charge in [-0.3, -0.25) is 0 Å². The van der Waals surface area contributed by atoms with Crippen molar-refractivity contribution in [1.29, 1.82) is 0 Å². The average molecular weight is 336 g/mol. The van der Waals surface area contributed by atoms with Crippen molar-refractivity contribution in [3.8, 4) is 11.5 Å². The van der Waals surface area contributed by atoms with Crippen molar-refractivity contribution in [2.24, 2.45) is 5.92 Å². The average Bonchev–Trinajstić information content (AvgIpc) is 3.11. The second kappa shape index (κ2) is 5.84. The Bertz CT molecular complexity index is 706. The number of hydrogen-bond donors (Lipinski definition) is 0. The van der Waals surface area contributed by atoms with Crippen molar-refractivity contribution in [2.75, 3.05) is 0 Å². The van der Waals surface area contributed by atoms with Crippen LogP contribution in [0.5, 0.6) is 0 Å². The second-order valence-corrected chi connectivity index (χ2v) is 13.9. The summed E-state index contributed by atoms with van der Waals surface area (Å²) >= 11 is 0. The molecule has 0 N–H and O–H groups in total. The van der Waals surface area contributed by atoms with Gasteiger partial charge in [-0.15, -0.1) is 5.54 Å². The molecule has 3 nitrogen and oxygen atoms in total. The summed E-state index contributed by atoms with van der Waals surface area (Å²) in [4.78, 5) is 0.362. The van der Waals surface area contributed by atoms with Gasteiger partial charge in [-0.05, 0) is 25.0 Å². The molecule has 22 heavy (non-hydrogen) atoms. The van der Waals surface area contributed by atoms with Crippen LogP contribution in [-0.4, -0.2) is 32.9 Å². The topological polar surface area (TPSA) is 37.1 Å². The molecule has 120 valence electrons. The Balaban J connectivity index is 2.33. The summed E-state index contributed by atoms with van der Waals surface area (Å²) in [6, 6.07) is 6.87. The van der Waals surface area contributed by atoms with Crippen molar-refractivity contribution in [3.63, 3.8) is 0 Å². The van der Waals surface area contributed by atoms with Gasteiger partial charge in [0.2, 0.25) is 10.0 Å². The van der Waals surface area contributed by atoms with Gasteiger partial charge in [-0.25, -0.2) is 8.42 Å². The van der Waals surface area contributed by atoms with Crippen molar-refractivity contribution >= 4 is 18.1 Å². The number of benzene rings is 1. The Morgan fingerprint density at radius 2 is 1.68 bits per heavy atom. The third-order valence-electron chi connectivity index (χ3n) is 3.68. The molecule has 0 bridgehead atoms. The van der Waals surface area contributed by atoms with E-state index in [9.17, 15) is 8.42 Å². The molecule has 3 atom stereocenters. The molecule has 0 saturated carbocycles. The fraction of sp³-hybridized carbons (Fsp3) is 0.529. The maximum atomic E-state index is 12.8. The first-order valence-electron chi connectivity index (χ1n) is 7.67. The van der Waals surface area contributed by atoms with Gasteiger partial charge in [-0.1, -0.05) is 57.1 Å². The van der Waals surface area contributed by atoms with Crippen LogP contribution in [0.4, 0.5) is 0 Å². The molecule has 1 aromatic rings. The lowest BCUT2D eigenvalue weighted by molar-refractivity contribution is 0.517. The smallest absolute Gasteiger partial charge is 0.207 e. The summed E-state index contributed by atoms with van der Waals surface area (Å²) in [5.41, 5.74) is 4.37. The van der Waals surface area contributed by atoms with Crippen LogP contribution >= 0.6 is 0 Å². The fourth-order valence-electron chi connectivity index (χ4n) is 2.47. The lowest BCUT2D eigenvalue weighted by Crippen LogP contribution is -2.18. The molecule has 1 heterocycles. The Morgan fingerprint density at radius 3 is 2.14 bits per heavy atom. The quantitative estimate of drug-likeness (QED) is 0.483. The zero-order valence-corrected chi connectivity index (χ0v) is 16.0. The summed E-state index contributed by atoms with van der Waals surface area (Å²) in [5, 5.41) is 0. The first-order valence-corrected chi connectivity index (χ1v) is 12.6. The van der Waals surface area contributed by atoms with E-state index in [0.717, 1.165) is 5.56 Å². The lowest BCUT2D eigenvalue weighted by Gasteiger charge is -2.08. The molecule has 0 aromatic heterocycles. The van der Waals surface area contributed by atoms with Gasteiger partial charge >= 0.3 is 0 Å². The van der Waals surface area contributed by atoms with Crippen LogP contribution in [0, 0.1) is 24.3 Å². The highest BCUT2D eigenvalue weighted by molar-refractivity contribution is 7.89. The standard InChI is InChI=1S/C17H25NO2SSi/c1-13(2)17-16(11-12-22(4,5)6)18(17)21(19,20)15-9-7-14(3)8-10-15/h7-10,13,16-17H,1-6H3/t16-,17+,18?/m0/s1. The first kappa shape index (κ1) is 17.3. The third-order valence-corrected chi connectivity index (χ3v) is 6.46. The van der Waals surface area contributed by atoms with Gasteiger partial charge < -0.3 is 0 Å². The molecule has 1 saturated heterocycles. The fourth-order valence-corrected chi connectivity index (χ4v) is 4.87. The Hall–Kier alpha value is -1.09. The van der Waals surface area contributed by atoms with Gasteiger partial charge in [-0.2, -0.15) is 4.31 Å². The predicted octanol–water partition coefficient (Wildman–Crippen LogP) is 3.27. The minimum absolute atomic E-state index is 0.00449. The van der Waals surface area contributed by atoms with Crippen LogP contribution in [0.1, 0.15) is 19.4 Å². The number of nitrogens with zero attached hydrogens (tertiary/aromatic N) is 1. The van der Waals surface area contributed by atoms with E-state index in [1.54, 1.807) is 16.4 Å². The number of hydrogen-bond acceptors (Lipinski definition) is 2. The van der Waals surface area contributed by atoms with Crippen molar-refractivity contribution in [3.05, 3.63) is 29.8 Å². The van der Waals surface area contributed by atoms with Crippen molar-refractivity contribution in [1.82, 2.24) is 4.31 Å². The van der Waals surface area contributed by atoms with E-state index in [0.29, 0.717) is 4.90 Å². The van der Waals surface area contributed by atoms with Crippen LogP contribution < -0.4 is 0 Å². The third kappa shape index (κ3) is 3.62. The highest BCUT2D eigenvalue weighted by Crippen LogP contribution is 2.39. The summed E-state index contributed by atoms with van der Waals surface area (Å²) < 4.78 is 27.2. The molecular formula is C17H25NO2SSi. The van der Waals surface area contributed by atoms with E-state index in [4.69, 9.17) is 0 Å². The zero-order valence-electron chi connectivity index (χ0n) is 14.2. The maximum absolute atomic E-state index is 12.8. The number of aryl methyl sites for hydroxylation is 1. The normalized spacial score (nSPS) is 24.8. The van der Waals surface area contributed by atoms with Crippen LogP contribution in [0.15, 0.2) is 29.2 Å². The van der Waals surface area contributed by atoms with Crippen LogP contribution in [0.25, 0.3) is 0 Å². The van der Waals surface area contributed by atoms with Gasteiger partial charge in [0.1, 0.15) is 14.1 Å². The van der Waals surface area contributed by atoms with E-state index in [2.05, 4.69) is 45.0 Å². The molecule has 0 aliphatic carbocycles. The summed E-state index contributed by atoms with van der Waals surface area (Å²) in [5.74, 6) is 3.49. The van der Waals surface area contributed by atoms with Gasteiger partial charge in [0.15, 0.2) is 0 Å². The Labute approximate surface area is 135 Å². The van der Waals surface area contributed by atoms with Gasteiger partial charge in [0, 0.05) is 0 Å². The molecule has 1 aliphatic rings. The van der Waals surface area contributed by atoms with E-state index in [-0.39, 0.29) is 18.0 Å². The molecule has 0 amide bonds. The second-order valence-electron chi connectivity index (χ2n) is 7.35. The summed E-state index contributed by atoms with van der Waals surface area (Å²) in [7, 11) is -4.95. The number of rotatable bonds is 3. The highest BCUT2D eigenvalue weighted by Gasteiger charge is 2.56. The molecule has 1 fully saturated rings. The minimum atomic E-state index is -3.45. The first-order chi connectivity index (χ1) is 10.0. The van der Waals surface area contributed by atoms with E-state index >= 15 is 0 Å². The highest BCUT2D eigenvalue weighted by atomic mass is 32.2. The minimum Gasteiger partial charge on any atom is -0.207 e. The summed E-state index contributed by atoms with van der Waals surface area (Å²) in [6.07, 6.45) is 0. The monoisotopic (exact) mass is 335 g/mol. The van der Waals surface area contributed by atoms with Gasteiger partial charge in [0.05, 0.1) is 10.9 Å². The molecular weight excluding hydrogens is 310 g/mol. The SMILES string of the molecule is Cc1ccc(S(=O)(=O)N2[C@H](C(C)C)[C@@H]2C#C[Si](C)(C)C)cc1. The predicted molar refractivity (Wildman–Crippen MR) is 93.7 cm³/mol. The van der Waals surface area contributed by atoms with Crippen LogP contribution in [-0.2, 0) is 10.0 Å². The zero-order chi connectivity index (χ0) is 16.7. The maximum Gasteiger partial charge on any atom is 0.244 e. The lowest BCUT2D eigenvalue weighted by atomic mass is 10.1. The van der Waals surface area contributed by atoms with E-state index in [1.165, 1.54) is 0 Å². The molecule has 0 spiro atoms. The Morgan fingerprint density at radius 1 is 1.14 bits per heavy atom. The van der Waals surface area contributed by atoms with E-state index < -0.39 is 18.1 Å². The van der Waals surface area contributed by atoms with Crippen LogP contribution in [0.2, 0.25) is 19.6 Å². The van der Waals surface area contributed by atoms with Crippen LogP contribution in [0.3, 0.4) is 0 Å². The Kier molecular flexibility index (Phi) is 4.58. The molecule has 2 rings (SSSR count). The van der Waals surface area contributed by atoms with Crippen molar-refractivity contribution < 1.29 is 8.42 Å². The van der Waals surface area contributed by atoms with E-state index in [1.807, 2.05) is 19.1 Å². The molecule has 0 radical (unpaired) electrons. The molecule has 5 heteroatoms.